The predicted molar refractivity (Wildman–Crippen MR) is 114 cm³/mol. The summed E-state index contributed by atoms with van der Waals surface area (Å²) < 4.78 is 14.6. The molecule has 0 bridgehead atoms. The number of thiazole rings is 1. The lowest BCUT2D eigenvalue weighted by Crippen LogP contribution is -2.35. The van der Waals surface area contributed by atoms with Crippen molar-refractivity contribution in [2.45, 2.75) is 19.9 Å². The van der Waals surface area contributed by atoms with Gasteiger partial charge in [0, 0.05) is 29.2 Å². The van der Waals surface area contributed by atoms with Gasteiger partial charge in [-0.25, -0.2) is 14.4 Å². The van der Waals surface area contributed by atoms with E-state index in [0.29, 0.717) is 6.54 Å². The van der Waals surface area contributed by atoms with Gasteiger partial charge in [0.1, 0.15) is 12.4 Å². The van der Waals surface area contributed by atoms with Gasteiger partial charge >= 0.3 is 0 Å². The quantitative estimate of drug-likeness (QED) is 0.508. The molecular formula is C22H17FN4O2S. The highest BCUT2D eigenvalue weighted by atomic mass is 32.1. The van der Waals surface area contributed by atoms with Crippen molar-refractivity contribution in [2.24, 2.45) is 0 Å². The van der Waals surface area contributed by atoms with Crippen molar-refractivity contribution in [2.75, 3.05) is 11.4 Å². The van der Waals surface area contributed by atoms with Crippen molar-refractivity contribution in [3.05, 3.63) is 74.8 Å². The van der Waals surface area contributed by atoms with E-state index < -0.39 is 5.82 Å². The Morgan fingerprint density at radius 1 is 1.23 bits per heavy atom. The summed E-state index contributed by atoms with van der Waals surface area (Å²) >= 11 is 1.61. The minimum Gasteiger partial charge on any atom is -0.310 e. The SMILES string of the molecule is Cc1nc(-c2ccc3c(c2)CCN3C(=O)Cn2cnc3cc(F)ccc3c2=O)cs1. The summed E-state index contributed by atoms with van der Waals surface area (Å²) in [4.78, 5) is 36.0. The van der Waals surface area contributed by atoms with E-state index in [2.05, 4.69) is 16.0 Å². The molecule has 4 aromatic rings. The number of aromatic nitrogens is 3. The lowest BCUT2D eigenvalue weighted by Gasteiger charge is -2.18. The van der Waals surface area contributed by atoms with E-state index in [1.165, 1.54) is 29.1 Å². The topological polar surface area (TPSA) is 68.1 Å². The molecule has 0 N–H and O–H groups in total. The minimum absolute atomic E-state index is 0.119. The molecule has 3 heterocycles. The van der Waals surface area contributed by atoms with E-state index in [1.807, 2.05) is 24.4 Å². The first-order valence-electron chi connectivity index (χ1n) is 9.50. The number of carbonyl (C=O) groups is 1. The normalized spacial score (nSPS) is 13.1. The first-order chi connectivity index (χ1) is 14.5. The monoisotopic (exact) mass is 420 g/mol. The Labute approximate surface area is 175 Å². The van der Waals surface area contributed by atoms with Gasteiger partial charge in [0.2, 0.25) is 5.91 Å². The van der Waals surface area contributed by atoms with Crippen LogP contribution in [-0.4, -0.2) is 27.0 Å². The van der Waals surface area contributed by atoms with Crippen molar-refractivity contribution in [1.29, 1.82) is 0 Å². The molecule has 0 spiro atoms. The number of amides is 1. The van der Waals surface area contributed by atoms with Gasteiger partial charge in [-0.3, -0.25) is 14.2 Å². The molecule has 150 valence electrons. The van der Waals surface area contributed by atoms with Crippen LogP contribution in [0.15, 0.2) is 52.9 Å². The molecule has 0 fully saturated rings. The van der Waals surface area contributed by atoms with Crippen molar-refractivity contribution in [3.8, 4) is 11.3 Å². The molecule has 0 atom stereocenters. The van der Waals surface area contributed by atoms with Gasteiger partial charge in [0.05, 0.1) is 27.9 Å². The number of hydrogen-bond donors (Lipinski definition) is 0. The van der Waals surface area contributed by atoms with Crippen LogP contribution >= 0.6 is 11.3 Å². The molecule has 0 unspecified atom stereocenters. The second-order valence-electron chi connectivity index (χ2n) is 7.23. The van der Waals surface area contributed by atoms with Gasteiger partial charge in [-0.2, -0.15) is 0 Å². The van der Waals surface area contributed by atoms with Crippen molar-refractivity contribution >= 4 is 33.8 Å². The fraction of sp³-hybridized carbons (Fsp3) is 0.182. The Kier molecular flexibility index (Phi) is 4.43. The Bertz CT molecular complexity index is 1360. The lowest BCUT2D eigenvalue weighted by atomic mass is 10.1. The number of benzene rings is 2. The van der Waals surface area contributed by atoms with Gasteiger partial charge in [-0.1, -0.05) is 6.07 Å². The van der Waals surface area contributed by atoms with E-state index in [-0.39, 0.29) is 28.9 Å². The van der Waals surface area contributed by atoms with Crippen LogP contribution in [-0.2, 0) is 17.8 Å². The smallest absolute Gasteiger partial charge is 0.261 e. The summed E-state index contributed by atoms with van der Waals surface area (Å²) in [5.74, 6) is -0.638. The van der Waals surface area contributed by atoms with Crippen LogP contribution in [0.3, 0.4) is 0 Å². The fourth-order valence-corrected chi connectivity index (χ4v) is 4.41. The first kappa shape index (κ1) is 18.6. The third kappa shape index (κ3) is 3.19. The van der Waals surface area contributed by atoms with E-state index in [0.717, 1.165) is 33.9 Å². The van der Waals surface area contributed by atoms with Crippen LogP contribution in [0.1, 0.15) is 10.6 Å². The maximum Gasteiger partial charge on any atom is 0.261 e. The summed E-state index contributed by atoms with van der Waals surface area (Å²) in [6.07, 6.45) is 2.05. The zero-order valence-corrected chi connectivity index (χ0v) is 16.9. The number of rotatable bonds is 3. The third-order valence-corrected chi connectivity index (χ3v) is 6.06. The Hall–Kier alpha value is -3.39. The summed E-state index contributed by atoms with van der Waals surface area (Å²) in [5.41, 5.74) is 3.84. The largest absolute Gasteiger partial charge is 0.310 e. The van der Waals surface area contributed by atoms with Gasteiger partial charge in [0.25, 0.3) is 5.56 Å². The molecule has 30 heavy (non-hydrogen) atoms. The Morgan fingerprint density at radius 2 is 2.10 bits per heavy atom. The Morgan fingerprint density at radius 3 is 2.90 bits per heavy atom. The second-order valence-corrected chi connectivity index (χ2v) is 8.29. The van der Waals surface area contributed by atoms with E-state index in [1.54, 1.807) is 16.2 Å². The van der Waals surface area contributed by atoms with Crippen LogP contribution in [0.4, 0.5) is 10.1 Å². The van der Waals surface area contributed by atoms with Gasteiger partial charge in [-0.05, 0) is 43.2 Å². The van der Waals surface area contributed by atoms with Crippen molar-refractivity contribution in [1.82, 2.24) is 14.5 Å². The molecule has 5 rings (SSSR count). The van der Waals surface area contributed by atoms with E-state index >= 15 is 0 Å². The summed E-state index contributed by atoms with van der Waals surface area (Å²) in [6, 6.07) is 9.81. The summed E-state index contributed by atoms with van der Waals surface area (Å²) in [7, 11) is 0. The lowest BCUT2D eigenvalue weighted by molar-refractivity contribution is -0.119. The summed E-state index contributed by atoms with van der Waals surface area (Å²) in [6.45, 7) is 2.42. The average molecular weight is 420 g/mol. The van der Waals surface area contributed by atoms with E-state index in [4.69, 9.17) is 0 Å². The van der Waals surface area contributed by atoms with Crippen LogP contribution in [0.25, 0.3) is 22.2 Å². The maximum atomic E-state index is 13.3. The molecule has 0 radical (unpaired) electrons. The number of carbonyl (C=O) groups excluding carboxylic acids is 1. The highest BCUT2D eigenvalue weighted by molar-refractivity contribution is 7.09. The first-order valence-corrected chi connectivity index (χ1v) is 10.4. The molecule has 6 nitrogen and oxygen atoms in total. The molecule has 1 amide bonds. The minimum atomic E-state index is -0.455. The Balaban J connectivity index is 1.41. The van der Waals surface area contributed by atoms with Crippen molar-refractivity contribution in [3.63, 3.8) is 0 Å². The van der Waals surface area contributed by atoms with E-state index in [9.17, 15) is 14.0 Å². The number of anilines is 1. The van der Waals surface area contributed by atoms with Crippen molar-refractivity contribution < 1.29 is 9.18 Å². The van der Waals surface area contributed by atoms with Gasteiger partial charge in [0.15, 0.2) is 0 Å². The number of fused-ring (bicyclic) bond motifs is 2. The van der Waals surface area contributed by atoms with Crippen LogP contribution in [0.5, 0.6) is 0 Å². The predicted octanol–water partition coefficient (Wildman–Crippen LogP) is 3.56. The molecule has 0 saturated heterocycles. The zero-order chi connectivity index (χ0) is 20.8. The standard InChI is InChI=1S/C22H17FN4O2S/c1-13-25-19(11-30-13)14-2-5-20-15(8-14)6-7-27(20)21(28)10-26-12-24-18-9-16(23)3-4-17(18)22(26)29/h2-5,8-9,11-12H,6-7,10H2,1H3. The molecule has 1 aliphatic rings. The number of nitrogens with zero attached hydrogens (tertiary/aromatic N) is 4. The van der Waals surface area contributed by atoms with Crippen LogP contribution < -0.4 is 10.5 Å². The number of aryl methyl sites for hydroxylation is 1. The highest BCUT2D eigenvalue weighted by Crippen LogP contribution is 2.32. The molecule has 0 saturated carbocycles. The van der Waals surface area contributed by atoms with Crippen LogP contribution in [0, 0.1) is 12.7 Å². The number of hydrogen-bond acceptors (Lipinski definition) is 5. The highest BCUT2D eigenvalue weighted by Gasteiger charge is 2.25. The third-order valence-electron chi connectivity index (χ3n) is 5.28. The zero-order valence-electron chi connectivity index (χ0n) is 16.1. The molecule has 2 aromatic heterocycles. The average Bonchev–Trinajstić information content (AvgIpc) is 3.35. The summed E-state index contributed by atoms with van der Waals surface area (Å²) in [5, 5.41) is 3.33. The number of halogens is 1. The fourth-order valence-electron chi connectivity index (χ4n) is 3.79. The van der Waals surface area contributed by atoms with Crippen LogP contribution in [0.2, 0.25) is 0 Å². The molecule has 2 aromatic carbocycles. The molecule has 1 aliphatic heterocycles. The second kappa shape index (κ2) is 7.14. The molecular weight excluding hydrogens is 403 g/mol. The van der Waals surface area contributed by atoms with Gasteiger partial charge in [-0.15, -0.1) is 11.3 Å². The molecule has 0 aliphatic carbocycles. The van der Waals surface area contributed by atoms with Gasteiger partial charge < -0.3 is 4.90 Å². The molecule has 8 heteroatoms. The maximum absolute atomic E-state index is 13.3.